The molecule has 0 radical (unpaired) electrons. The van der Waals surface area contributed by atoms with Crippen molar-refractivity contribution in [2.75, 3.05) is 0 Å². The third-order valence-electron chi connectivity index (χ3n) is 1.30. The monoisotopic (exact) mass is 124 g/mol. The smallest absolute Gasteiger partial charge is 0.266 e. The van der Waals surface area contributed by atoms with Crippen LogP contribution < -0.4 is 5.73 Å². The van der Waals surface area contributed by atoms with Crippen LogP contribution >= 0.6 is 0 Å². The highest BCUT2D eigenvalue weighted by molar-refractivity contribution is 5.97. The molecule has 3 nitrogen and oxygen atoms in total. The van der Waals surface area contributed by atoms with E-state index in [4.69, 9.17) is 5.73 Å². The van der Waals surface area contributed by atoms with Gasteiger partial charge in [-0.2, -0.15) is 0 Å². The standard InChI is InChI=1S/C6H8N2O/c1-4-2-3-8-6(9)5(4)7/h2-3,5H,7H2,1H3. The zero-order valence-electron chi connectivity index (χ0n) is 5.16. The summed E-state index contributed by atoms with van der Waals surface area (Å²) in [5, 5.41) is 0. The fourth-order valence-corrected chi connectivity index (χ4v) is 0.607. The van der Waals surface area contributed by atoms with E-state index in [1.807, 2.05) is 6.92 Å². The van der Waals surface area contributed by atoms with Gasteiger partial charge in [-0.15, -0.1) is 0 Å². The molecule has 1 amide bonds. The van der Waals surface area contributed by atoms with Crippen LogP contribution in [0.4, 0.5) is 0 Å². The van der Waals surface area contributed by atoms with E-state index in [0.29, 0.717) is 0 Å². The lowest BCUT2D eigenvalue weighted by atomic mass is 10.1. The molecule has 1 unspecified atom stereocenters. The van der Waals surface area contributed by atoms with Gasteiger partial charge in [0.1, 0.15) is 6.04 Å². The van der Waals surface area contributed by atoms with Gasteiger partial charge in [0.2, 0.25) is 0 Å². The van der Waals surface area contributed by atoms with Crippen molar-refractivity contribution < 1.29 is 4.79 Å². The maximum atomic E-state index is 10.6. The van der Waals surface area contributed by atoms with Crippen LogP contribution in [0.25, 0.3) is 0 Å². The molecule has 1 aliphatic rings. The second-order valence-corrected chi connectivity index (χ2v) is 2.00. The molecule has 0 aromatic heterocycles. The first-order valence-electron chi connectivity index (χ1n) is 2.72. The number of carbonyl (C=O) groups is 1. The van der Waals surface area contributed by atoms with Crippen LogP contribution in [-0.2, 0) is 4.79 Å². The van der Waals surface area contributed by atoms with E-state index in [2.05, 4.69) is 4.99 Å². The Kier molecular flexibility index (Phi) is 1.44. The molecule has 0 spiro atoms. The van der Waals surface area contributed by atoms with E-state index in [-0.39, 0.29) is 5.91 Å². The molecule has 0 saturated heterocycles. The van der Waals surface area contributed by atoms with Gasteiger partial charge in [0, 0.05) is 6.21 Å². The summed E-state index contributed by atoms with van der Waals surface area (Å²) in [6.07, 6.45) is 3.22. The summed E-state index contributed by atoms with van der Waals surface area (Å²) < 4.78 is 0. The molecule has 1 aliphatic heterocycles. The third kappa shape index (κ3) is 1.05. The number of allylic oxidation sites excluding steroid dienone is 1. The quantitative estimate of drug-likeness (QED) is 0.489. The first-order chi connectivity index (χ1) is 4.22. The Hall–Kier alpha value is -0.960. The highest BCUT2D eigenvalue weighted by atomic mass is 16.1. The SMILES string of the molecule is CC1=CC=NC(=O)C1N. The molecule has 1 heterocycles. The lowest BCUT2D eigenvalue weighted by Crippen LogP contribution is -2.32. The van der Waals surface area contributed by atoms with Gasteiger partial charge in [-0.1, -0.05) is 0 Å². The van der Waals surface area contributed by atoms with Crippen molar-refractivity contribution in [3.63, 3.8) is 0 Å². The second kappa shape index (κ2) is 2.11. The number of nitrogens with two attached hydrogens (primary N) is 1. The molecule has 1 rings (SSSR count). The van der Waals surface area contributed by atoms with Crippen LogP contribution in [0.1, 0.15) is 6.92 Å². The number of rotatable bonds is 0. The van der Waals surface area contributed by atoms with Gasteiger partial charge in [-0.25, -0.2) is 4.99 Å². The molecule has 0 aromatic rings. The predicted molar refractivity (Wildman–Crippen MR) is 35.2 cm³/mol. The van der Waals surface area contributed by atoms with Gasteiger partial charge in [-0.3, -0.25) is 4.79 Å². The van der Waals surface area contributed by atoms with E-state index in [1.165, 1.54) is 6.21 Å². The molecular weight excluding hydrogens is 116 g/mol. The lowest BCUT2D eigenvalue weighted by Gasteiger charge is -2.09. The first kappa shape index (κ1) is 6.16. The number of dihydropyridines is 1. The van der Waals surface area contributed by atoms with Crippen LogP contribution in [0.15, 0.2) is 16.6 Å². The van der Waals surface area contributed by atoms with Crippen LogP contribution in [0.2, 0.25) is 0 Å². The molecule has 0 bridgehead atoms. The minimum atomic E-state index is -0.505. The van der Waals surface area contributed by atoms with Gasteiger partial charge in [0.15, 0.2) is 0 Å². The van der Waals surface area contributed by atoms with E-state index in [9.17, 15) is 4.79 Å². The molecule has 3 heteroatoms. The molecule has 2 N–H and O–H groups in total. The van der Waals surface area contributed by atoms with Crippen LogP contribution in [-0.4, -0.2) is 18.2 Å². The number of carbonyl (C=O) groups excluding carboxylic acids is 1. The Labute approximate surface area is 53.3 Å². The van der Waals surface area contributed by atoms with Gasteiger partial charge in [-0.05, 0) is 18.6 Å². The molecule has 0 saturated carbocycles. The summed E-state index contributed by atoms with van der Waals surface area (Å²) in [7, 11) is 0. The maximum Gasteiger partial charge on any atom is 0.266 e. The molecule has 0 fully saturated rings. The summed E-state index contributed by atoms with van der Waals surface area (Å²) in [4.78, 5) is 14.1. The average molecular weight is 124 g/mol. The number of hydrogen-bond donors (Lipinski definition) is 1. The van der Waals surface area contributed by atoms with Gasteiger partial charge >= 0.3 is 0 Å². The van der Waals surface area contributed by atoms with Gasteiger partial charge in [0.25, 0.3) is 5.91 Å². The zero-order valence-corrected chi connectivity index (χ0v) is 5.16. The largest absolute Gasteiger partial charge is 0.316 e. The van der Waals surface area contributed by atoms with Gasteiger partial charge in [0.05, 0.1) is 0 Å². The van der Waals surface area contributed by atoms with E-state index >= 15 is 0 Å². The van der Waals surface area contributed by atoms with Crippen molar-refractivity contribution in [2.45, 2.75) is 13.0 Å². The minimum absolute atomic E-state index is 0.255. The van der Waals surface area contributed by atoms with Crippen molar-refractivity contribution in [1.29, 1.82) is 0 Å². The Balaban J connectivity index is 2.86. The van der Waals surface area contributed by atoms with Gasteiger partial charge < -0.3 is 5.73 Å². The predicted octanol–water partition coefficient (Wildman–Crippen LogP) is -0.129. The zero-order chi connectivity index (χ0) is 6.85. The fourth-order valence-electron chi connectivity index (χ4n) is 0.607. The summed E-state index contributed by atoms with van der Waals surface area (Å²) in [5.74, 6) is -0.255. The summed E-state index contributed by atoms with van der Waals surface area (Å²) in [5.41, 5.74) is 6.26. The van der Waals surface area contributed by atoms with E-state index < -0.39 is 6.04 Å². The number of amides is 1. The minimum Gasteiger partial charge on any atom is -0.316 e. The second-order valence-electron chi connectivity index (χ2n) is 2.00. The Morgan fingerprint density at radius 1 is 1.78 bits per heavy atom. The highest BCUT2D eigenvalue weighted by Crippen LogP contribution is 2.02. The average Bonchev–Trinajstić information content (AvgIpc) is 1.83. The fraction of sp³-hybridized carbons (Fsp3) is 0.333. The number of aliphatic imine (C=N–C) groups is 1. The van der Waals surface area contributed by atoms with Crippen molar-refractivity contribution in [2.24, 2.45) is 10.7 Å². The van der Waals surface area contributed by atoms with Crippen molar-refractivity contribution >= 4 is 12.1 Å². The number of hydrogen-bond acceptors (Lipinski definition) is 2. The van der Waals surface area contributed by atoms with Crippen molar-refractivity contribution in [3.05, 3.63) is 11.6 Å². The lowest BCUT2D eigenvalue weighted by molar-refractivity contribution is -0.118. The summed E-state index contributed by atoms with van der Waals surface area (Å²) >= 11 is 0. The van der Waals surface area contributed by atoms with Crippen molar-refractivity contribution in [1.82, 2.24) is 0 Å². The Morgan fingerprint density at radius 3 is 2.89 bits per heavy atom. The normalized spacial score (nSPS) is 26.2. The highest BCUT2D eigenvalue weighted by Gasteiger charge is 2.15. The van der Waals surface area contributed by atoms with Crippen molar-refractivity contribution in [3.8, 4) is 0 Å². The maximum absolute atomic E-state index is 10.6. The number of nitrogens with zero attached hydrogens (tertiary/aromatic N) is 1. The first-order valence-corrected chi connectivity index (χ1v) is 2.72. The molecule has 0 aliphatic carbocycles. The topological polar surface area (TPSA) is 55.5 Å². The summed E-state index contributed by atoms with van der Waals surface area (Å²) in [6, 6.07) is -0.505. The van der Waals surface area contributed by atoms with Crippen LogP contribution in [0.5, 0.6) is 0 Å². The van der Waals surface area contributed by atoms with Crippen LogP contribution in [0, 0.1) is 0 Å². The molecule has 48 valence electrons. The van der Waals surface area contributed by atoms with E-state index in [1.54, 1.807) is 6.08 Å². The molecular formula is C6H8N2O. The third-order valence-corrected chi connectivity index (χ3v) is 1.30. The molecule has 0 aromatic carbocycles. The van der Waals surface area contributed by atoms with E-state index in [0.717, 1.165) is 5.57 Å². The molecule has 9 heavy (non-hydrogen) atoms. The Bertz CT molecular complexity index is 193. The molecule has 1 atom stereocenters. The summed E-state index contributed by atoms with van der Waals surface area (Å²) in [6.45, 7) is 1.81. The Morgan fingerprint density at radius 2 is 2.44 bits per heavy atom. The van der Waals surface area contributed by atoms with Crippen LogP contribution in [0.3, 0.4) is 0 Å².